The van der Waals surface area contributed by atoms with Gasteiger partial charge in [0, 0.05) is 17.5 Å². The molecule has 1 saturated carbocycles. The minimum atomic E-state index is -0.750. The number of hydrogen-bond donors (Lipinski definition) is 1. The number of pyridine rings is 1. The van der Waals surface area contributed by atoms with E-state index in [4.69, 9.17) is 0 Å². The molecule has 3 atom stereocenters. The highest BCUT2D eigenvalue weighted by Crippen LogP contribution is 2.34. The fraction of sp³-hybridized carbons (Fsp3) is 0.250. The molecular weight excluding hydrogens is 282 g/mol. The van der Waals surface area contributed by atoms with Crippen LogP contribution in [-0.2, 0) is 4.79 Å². The number of rotatable bonds is 5. The molecule has 0 unspecified atom stereocenters. The molecule has 2 aromatic rings. The smallest absolute Gasteiger partial charge is 0.231 e. The number of carbonyl (C=O) groups is 1. The summed E-state index contributed by atoms with van der Waals surface area (Å²) in [5.41, 5.74) is 1.60. The van der Waals surface area contributed by atoms with Crippen molar-refractivity contribution in [1.82, 2.24) is 10.3 Å². The fourth-order valence-electron chi connectivity index (χ4n) is 2.47. The SMILES string of the molecule is O=C(N[C@H](c1ccccc1)c1ccccn1)[C@@H]1C[C@@H]1[N+](=O)[O-]. The van der Waals surface area contributed by atoms with Gasteiger partial charge in [-0.1, -0.05) is 36.4 Å². The van der Waals surface area contributed by atoms with Crippen molar-refractivity contribution >= 4 is 5.91 Å². The Labute approximate surface area is 127 Å². The molecule has 6 nitrogen and oxygen atoms in total. The summed E-state index contributed by atoms with van der Waals surface area (Å²) in [5, 5.41) is 13.6. The van der Waals surface area contributed by atoms with Gasteiger partial charge in [-0.05, 0) is 17.7 Å². The van der Waals surface area contributed by atoms with Crippen LogP contribution >= 0.6 is 0 Å². The van der Waals surface area contributed by atoms with Crippen LogP contribution in [0.15, 0.2) is 54.7 Å². The molecule has 3 rings (SSSR count). The second-order valence-corrected chi connectivity index (χ2v) is 5.30. The van der Waals surface area contributed by atoms with Crippen molar-refractivity contribution < 1.29 is 9.72 Å². The molecule has 1 heterocycles. The predicted octanol–water partition coefficient (Wildman–Crippen LogP) is 1.95. The first kappa shape index (κ1) is 14.2. The van der Waals surface area contributed by atoms with Crippen molar-refractivity contribution in [3.05, 3.63) is 76.1 Å². The third-order valence-corrected chi connectivity index (χ3v) is 3.77. The predicted molar refractivity (Wildman–Crippen MR) is 79.6 cm³/mol. The first-order chi connectivity index (χ1) is 10.7. The van der Waals surface area contributed by atoms with Gasteiger partial charge in [-0.3, -0.25) is 19.9 Å². The van der Waals surface area contributed by atoms with Gasteiger partial charge in [-0.15, -0.1) is 0 Å². The topological polar surface area (TPSA) is 85.1 Å². The maximum atomic E-state index is 12.2. The summed E-state index contributed by atoms with van der Waals surface area (Å²) in [4.78, 5) is 26.9. The van der Waals surface area contributed by atoms with Gasteiger partial charge in [-0.2, -0.15) is 0 Å². The molecule has 1 aliphatic rings. The molecule has 1 aromatic carbocycles. The Morgan fingerprint density at radius 3 is 2.55 bits per heavy atom. The largest absolute Gasteiger partial charge is 0.343 e. The summed E-state index contributed by atoms with van der Waals surface area (Å²) in [7, 11) is 0. The lowest BCUT2D eigenvalue weighted by atomic mass is 10.0. The van der Waals surface area contributed by atoms with Gasteiger partial charge >= 0.3 is 0 Å². The van der Waals surface area contributed by atoms with E-state index in [0.717, 1.165) is 5.56 Å². The second kappa shape index (κ2) is 5.93. The van der Waals surface area contributed by atoms with Gasteiger partial charge in [0.05, 0.1) is 11.7 Å². The zero-order chi connectivity index (χ0) is 15.5. The molecule has 0 radical (unpaired) electrons. The number of nitrogens with zero attached hydrogens (tertiary/aromatic N) is 2. The summed E-state index contributed by atoms with van der Waals surface area (Å²) in [6.45, 7) is 0. The maximum Gasteiger partial charge on any atom is 0.231 e. The highest BCUT2D eigenvalue weighted by molar-refractivity contribution is 5.82. The third kappa shape index (κ3) is 2.95. The van der Waals surface area contributed by atoms with Crippen LogP contribution < -0.4 is 5.32 Å². The molecule has 22 heavy (non-hydrogen) atoms. The summed E-state index contributed by atoms with van der Waals surface area (Å²) in [6, 6.07) is 13.8. The van der Waals surface area contributed by atoms with Crippen LogP contribution in [-0.4, -0.2) is 21.9 Å². The van der Waals surface area contributed by atoms with Crippen LogP contribution in [0.4, 0.5) is 0 Å². The highest BCUT2D eigenvalue weighted by Gasteiger charge is 2.53. The molecule has 0 aliphatic heterocycles. The summed E-state index contributed by atoms with van der Waals surface area (Å²) < 4.78 is 0. The minimum absolute atomic E-state index is 0.291. The van der Waals surface area contributed by atoms with Crippen molar-refractivity contribution in [2.45, 2.75) is 18.5 Å². The molecule has 112 valence electrons. The van der Waals surface area contributed by atoms with Gasteiger partial charge in [-0.25, -0.2) is 0 Å². The fourth-order valence-corrected chi connectivity index (χ4v) is 2.47. The Hall–Kier alpha value is -2.76. The monoisotopic (exact) mass is 297 g/mol. The zero-order valence-corrected chi connectivity index (χ0v) is 11.8. The van der Waals surface area contributed by atoms with Crippen molar-refractivity contribution in [2.75, 3.05) is 0 Å². The second-order valence-electron chi connectivity index (χ2n) is 5.30. The Morgan fingerprint density at radius 2 is 1.95 bits per heavy atom. The van der Waals surface area contributed by atoms with Gasteiger partial charge in [0.2, 0.25) is 11.9 Å². The Morgan fingerprint density at radius 1 is 1.23 bits per heavy atom. The van der Waals surface area contributed by atoms with Crippen LogP contribution in [0.2, 0.25) is 0 Å². The first-order valence-electron chi connectivity index (χ1n) is 7.06. The number of carbonyl (C=O) groups excluding carboxylic acids is 1. The lowest BCUT2D eigenvalue weighted by Crippen LogP contribution is -2.32. The van der Waals surface area contributed by atoms with E-state index in [1.54, 1.807) is 12.3 Å². The van der Waals surface area contributed by atoms with Gasteiger partial charge in [0.1, 0.15) is 5.92 Å². The average Bonchev–Trinajstić information content (AvgIpc) is 3.35. The van der Waals surface area contributed by atoms with E-state index >= 15 is 0 Å². The molecule has 0 bridgehead atoms. The molecular formula is C16H15N3O3. The van der Waals surface area contributed by atoms with Gasteiger partial charge in [0.25, 0.3) is 0 Å². The van der Waals surface area contributed by atoms with E-state index in [-0.39, 0.29) is 10.8 Å². The van der Waals surface area contributed by atoms with E-state index < -0.39 is 18.0 Å². The first-order valence-corrected chi connectivity index (χ1v) is 7.06. The zero-order valence-electron chi connectivity index (χ0n) is 11.8. The molecule has 0 spiro atoms. The molecule has 1 aliphatic carbocycles. The Bertz CT molecular complexity index is 636. The summed E-state index contributed by atoms with van der Waals surface area (Å²) >= 11 is 0. The van der Waals surface area contributed by atoms with Crippen molar-refractivity contribution in [1.29, 1.82) is 0 Å². The standard InChI is InChI=1S/C16H15N3O3/c20-16(12-10-14(12)19(21)22)18-15(11-6-2-1-3-7-11)13-8-4-5-9-17-13/h1-9,12,14-15H,10H2,(H,18,20)/t12-,14+,15-/m1/s1. The van der Waals surface area contributed by atoms with Crippen LogP contribution in [0.5, 0.6) is 0 Å². The van der Waals surface area contributed by atoms with E-state index in [1.165, 1.54) is 0 Å². The number of nitro groups is 1. The summed E-state index contributed by atoms with van der Waals surface area (Å²) in [5.74, 6) is -0.828. The third-order valence-electron chi connectivity index (χ3n) is 3.77. The Balaban J connectivity index is 1.81. The molecule has 1 fully saturated rings. The van der Waals surface area contributed by atoms with Gasteiger partial charge < -0.3 is 5.32 Å². The number of aromatic nitrogens is 1. The van der Waals surface area contributed by atoms with Gasteiger partial charge in [0.15, 0.2) is 0 Å². The molecule has 1 aromatic heterocycles. The summed E-state index contributed by atoms with van der Waals surface area (Å²) in [6.07, 6.45) is 1.97. The van der Waals surface area contributed by atoms with Crippen molar-refractivity contribution in [3.63, 3.8) is 0 Å². The molecule has 6 heteroatoms. The number of nitrogens with one attached hydrogen (secondary N) is 1. The van der Waals surface area contributed by atoms with Crippen LogP contribution in [0.1, 0.15) is 23.7 Å². The van der Waals surface area contributed by atoms with Crippen LogP contribution in [0.25, 0.3) is 0 Å². The van der Waals surface area contributed by atoms with E-state index in [2.05, 4.69) is 10.3 Å². The highest BCUT2D eigenvalue weighted by atomic mass is 16.6. The quantitative estimate of drug-likeness (QED) is 0.675. The lowest BCUT2D eigenvalue weighted by molar-refractivity contribution is -0.497. The van der Waals surface area contributed by atoms with Crippen LogP contribution in [0, 0.1) is 16.0 Å². The van der Waals surface area contributed by atoms with E-state index in [0.29, 0.717) is 12.1 Å². The van der Waals surface area contributed by atoms with Crippen molar-refractivity contribution in [3.8, 4) is 0 Å². The molecule has 1 amide bonds. The van der Waals surface area contributed by atoms with Crippen molar-refractivity contribution in [2.24, 2.45) is 5.92 Å². The normalized spacial score (nSPS) is 20.9. The van der Waals surface area contributed by atoms with Crippen LogP contribution in [0.3, 0.4) is 0 Å². The number of benzene rings is 1. The van der Waals surface area contributed by atoms with E-state index in [1.807, 2.05) is 42.5 Å². The number of hydrogen-bond acceptors (Lipinski definition) is 4. The molecule has 1 N–H and O–H groups in total. The Kier molecular flexibility index (Phi) is 3.82. The minimum Gasteiger partial charge on any atom is -0.343 e. The van der Waals surface area contributed by atoms with E-state index in [9.17, 15) is 14.9 Å². The molecule has 0 saturated heterocycles. The number of amides is 1. The lowest BCUT2D eigenvalue weighted by Gasteiger charge is -2.18. The maximum absolute atomic E-state index is 12.2. The average molecular weight is 297 g/mol.